The van der Waals surface area contributed by atoms with Gasteiger partial charge in [-0.05, 0) is 12.8 Å². The first kappa shape index (κ1) is 14.2. The molecule has 0 bridgehead atoms. The Labute approximate surface area is 110 Å². The topological polar surface area (TPSA) is 58.6 Å². The van der Waals surface area contributed by atoms with E-state index in [9.17, 15) is 8.42 Å². The number of ether oxygens (including phenoxy) is 1. The largest absolute Gasteiger partial charge is 0.378 e. The number of rotatable bonds is 5. The summed E-state index contributed by atoms with van der Waals surface area (Å²) in [6.45, 7) is 6.67. The van der Waals surface area contributed by atoms with Gasteiger partial charge >= 0.3 is 0 Å². The molecular weight excluding hydrogens is 252 g/mol. The fourth-order valence-electron chi connectivity index (χ4n) is 2.73. The van der Waals surface area contributed by atoms with Crippen molar-refractivity contribution in [1.82, 2.24) is 10.2 Å². The lowest BCUT2D eigenvalue weighted by Crippen LogP contribution is -2.48. The van der Waals surface area contributed by atoms with Gasteiger partial charge in [-0.1, -0.05) is 6.92 Å². The van der Waals surface area contributed by atoms with E-state index in [1.165, 1.54) is 0 Å². The minimum atomic E-state index is -2.76. The fourth-order valence-corrected chi connectivity index (χ4v) is 4.44. The van der Waals surface area contributed by atoms with Crippen LogP contribution in [-0.2, 0) is 14.6 Å². The molecule has 18 heavy (non-hydrogen) atoms. The molecular formula is C12H24N2O3S. The maximum Gasteiger partial charge on any atom is 0.151 e. The zero-order chi connectivity index (χ0) is 13.0. The number of hydrogen-bond donors (Lipinski definition) is 1. The Kier molecular flexibility index (Phi) is 5.00. The van der Waals surface area contributed by atoms with Crippen LogP contribution in [0.3, 0.4) is 0 Å². The molecule has 0 saturated carbocycles. The van der Waals surface area contributed by atoms with E-state index in [4.69, 9.17) is 4.74 Å². The van der Waals surface area contributed by atoms with E-state index >= 15 is 0 Å². The molecule has 2 atom stereocenters. The highest BCUT2D eigenvalue weighted by Crippen LogP contribution is 2.12. The van der Waals surface area contributed by atoms with Gasteiger partial charge in [-0.15, -0.1) is 0 Å². The maximum atomic E-state index is 11.3. The second-order valence-corrected chi connectivity index (χ2v) is 7.46. The van der Waals surface area contributed by atoms with Gasteiger partial charge in [-0.25, -0.2) is 8.42 Å². The van der Waals surface area contributed by atoms with Crippen molar-refractivity contribution in [2.24, 2.45) is 0 Å². The van der Waals surface area contributed by atoms with Crippen molar-refractivity contribution in [3.8, 4) is 0 Å². The molecule has 0 spiro atoms. The highest BCUT2D eigenvalue weighted by molar-refractivity contribution is 7.91. The molecule has 2 rings (SSSR count). The van der Waals surface area contributed by atoms with Gasteiger partial charge in [0.15, 0.2) is 9.84 Å². The molecule has 0 aromatic heterocycles. The Morgan fingerprint density at radius 2 is 2.28 bits per heavy atom. The lowest BCUT2D eigenvalue weighted by atomic mass is 10.2. The molecule has 2 heterocycles. The summed E-state index contributed by atoms with van der Waals surface area (Å²) in [4.78, 5) is 2.44. The summed E-state index contributed by atoms with van der Waals surface area (Å²) < 4.78 is 28.1. The van der Waals surface area contributed by atoms with Crippen molar-refractivity contribution >= 4 is 9.84 Å². The van der Waals surface area contributed by atoms with Crippen LogP contribution in [0.15, 0.2) is 0 Å². The second kappa shape index (κ2) is 6.32. The monoisotopic (exact) mass is 276 g/mol. The Hall–Kier alpha value is -0.170. The van der Waals surface area contributed by atoms with E-state index in [0.717, 1.165) is 45.7 Å². The quantitative estimate of drug-likeness (QED) is 0.758. The molecule has 5 nitrogen and oxygen atoms in total. The van der Waals surface area contributed by atoms with Crippen LogP contribution in [0.25, 0.3) is 0 Å². The van der Waals surface area contributed by atoms with Gasteiger partial charge in [-0.3, -0.25) is 4.90 Å². The molecule has 0 aliphatic carbocycles. The molecule has 106 valence electrons. The molecule has 0 radical (unpaired) electrons. The SMILES string of the molecule is CCC1COCCN1CCNC1CCS(=O)(=O)C1. The molecule has 2 aliphatic heterocycles. The van der Waals surface area contributed by atoms with Gasteiger partial charge in [0.25, 0.3) is 0 Å². The fraction of sp³-hybridized carbons (Fsp3) is 1.00. The van der Waals surface area contributed by atoms with Gasteiger partial charge < -0.3 is 10.1 Å². The molecule has 2 unspecified atom stereocenters. The number of hydrogen-bond acceptors (Lipinski definition) is 5. The van der Waals surface area contributed by atoms with Crippen molar-refractivity contribution in [2.45, 2.75) is 31.8 Å². The number of sulfone groups is 1. The number of nitrogens with one attached hydrogen (secondary N) is 1. The second-order valence-electron chi connectivity index (χ2n) is 5.23. The molecule has 2 saturated heterocycles. The van der Waals surface area contributed by atoms with Gasteiger partial charge in [0.2, 0.25) is 0 Å². The van der Waals surface area contributed by atoms with E-state index in [1.54, 1.807) is 0 Å². The smallest absolute Gasteiger partial charge is 0.151 e. The predicted octanol–water partition coefficient (Wildman–Crippen LogP) is -0.126. The predicted molar refractivity (Wildman–Crippen MR) is 71.5 cm³/mol. The Morgan fingerprint density at radius 3 is 2.94 bits per heavy atom. The molecule has 6 heteroatoms. The lowest BCUT2D eigenvalue weighted by Gasteiger charge is -2.35. The van der Waals surface area contributed by atoms with Crippen molar-refractivity contribution < 1.29 is 13.2 Å². The van der Waals surface area contributed by atoms with Crippen molar-refractivity contribution in [3.05, 3.63) is 0 Å². The van der Waals surface area contributed by atoms with E-state index in [0.29, 0.717) is 17.5 Å². The Balaban J connectivity index is 1.68. The van der Waals surface area contributed by atoms with Crippen molar-refractivity contribution in [1.29, 1.82) is 0 Å². The van der Waals surface area contributed by atoms with Gasteiger partial charge in [0, 0.05) is 31.7 Å². The van der Waals surface area contributed by atoms with Crippen LogP contribution >= 0.6 is 0 Å². The molecule has 0 aromatic rings. The van der Waals surface area contributed by atoms with Crippen LogP contribution in [0.1, 0.15) is 19.8 Å². The third-order valence-corrected chi connectivity index (χ3v) is 5.65. The zero-order valence-corrected chi connectivity index (χ0v) is 11.9. The van der Waals surface area contributed by atoms with Crippen molar-refractivity contribution in [3.63, 3.8) is 0 Å². The average Bonchev–Trinajstić information content (AvgIpc) is 2.69. The summed E-state index contributed by atoms with van der Waals surface area (Å²) in [5.74, 6) is 0.660. The van der Waals surface area contributed by atoms with E-state index in [2.05, 4.69) is 17.1 Å². The highest BCUT2D eigenvalue weighted by Gasteiger charge is 2.27. The molecule has 1 N–H and O–H groups in total. The van der Waals surface area contributed by atoms with Crippen LogP contribution < -0.4 is 5.32 Å². The highest BCUT2D eigenvalue weighted by atomic mass is 32.2. The van der Waals surface area contributed by atoms with Crippen LogP contribution in [0.2, 0.25) is 0 Å². The Morgan fingerprint density at radius 1 is 1.44 bits per heavy atom. The summed E-state index contributed by atoms with van der Waals surface area (Å²) in [5.41, 5.74) is 0. The minimum absolute atomic E-state index is 0.163. The lowest BCUT2D eigenvalue weighted by molar-refractivity contribution is -0.00802. The van der Waals surface area contributed by atoms with Crippen LogP contribution in [0.4, 0.5) is 0 Å². The van der Waals surface area contributed by atoms with Crippen molar-refractivity contribution in [2.75, 3.05) is 44.4 Å². The molecule has 0 amide bonds. The molecule has 2 fully saturated rings. The molecule has 2 aliphatic rings. The standard InChI is InChI=1S/C12H24N2O3S/c1-2-12-9-17-7-6-14(12)5-4-13-11-3-8-18(15,16)10-11/h11-13H,2-10H2,1H3. The summed E-state index contributed by atoms with van der Waals surface area (Å²) >= 11 is 0. The number of morpholine rings is 1. The van der Waals surface area contributed by atoms with Gasteiger partial charge in [-0.2, -0.15) is 0 Å². The first-order chi connectivity index (χ1) is 8.61. The van der Waals surface area contributed by atoms with Crippen LogP contribution in [0.5, 0.6) is 0 Å². The zero-order valence-electron chi connectivity index (χ0n) is 11.1. The van der Waals surface area contributed by atoms with Gasteiger partial charge in [0.1, 0.15) is 0 Å². The number of nitrogens with zero attached hydrogens (tertiary/aromatic N) is 1. The Bertz CT molecular complexity index is 358. The van der Waals surface area contributed by atoms with E-state index in [1.807, 2.05) is 0 Å². The minimum Gasteiger partial charge on any atom is -0.378 e. The first-order valence-electron chi connectivity index (χ1n) is 6.86. The normalized spacial score (nSPS) is 32.7. The summed E-state index contributed by atoms with van der Waals surface area (Å²) in [6.07, 6.45) is 1.88. The summed E-state index contributed by atoms with van der Waals surface area (Å²) in [7, 11) is -2.76. The molecule has 0 aromatic carbocycles. The third kappa shape index (κ3) is 3.91. The van der Waals surface area contributed by atoms with Crippen LogP contribution in [-0.4, -0.2) is 69.8 Å². The first-order valence-corrected chi connectivity index (χ1v) is 8.68. The summed E-state index contributed by atoms with van der Waals surface area (Å²) in [6, 6.07) is 0.684. The third-order valence-electron chi connectivity index (χ3n) is 3.89. The summed E-state index contributed by atoms with van der Waals surface area (Å²) in [5, 5.41) is 3.37. The van der Waals surface area contributed by atoms with Crippen LogP contribution in [0, 0.1) is 0 Å². The van der Waals surface area contributed by atoms with E-state index in [-0.39, 0.29) is 6.04 Å². The van der Waals surface area contributed by atoms with Gasteiger partial charge in [0.05, 0.1) is 24.7 Å². The maximum absolute atomic E-state index is 11.3. The van der Waals surface area contributed by atoms with E-state index < -0.39 is 9.84 Å². The average molecular weight is 276 g/mol.